The number of carbonyl (C=O) groups is 2. The van der Waals surface area contributed by atoms with Gasteiger partial charge in [0.15, 0.2) is 10.9 Å². The molecule has 1 atom stereocenters. The van der Waals surface area contributed by atoms with Crippen LogP contribution in [0.5, 0.6) is 0 Å². The predicted molar refractivity (Wildman–Crippen MR) is 93.7 cm³/mol. The lowest BCUT2D eigenvalue weighted by Gasteiger charge is -2.27. The fraction of sp³-hybridized carbons (Fsp3) is 0.308. The maximum atomic E-state index is 11.2. The van der Waals surface area contributed by atoms with Crippen molar-refractivity contribution in [3.8, 4) is 0 Å². The van der Waals surface area contributed by atoms with Crippen molar-refractivity contribution in [1.29, 1.82) is 0 Å². The van der Waals surface area contributed by atoms with Crippen LogP contribution in [0.4, 0.5) is 5.69 Å². The summed E-state index contributed by atoms with van der Waals surface area (Å²) in [4.78, 5) is 22.3. The summed E-state index contributed by atoms with van der Waals surface area (Å²) < 4.78 is -1.78. The van der Waals surface area contributed by atoms with Gasteiger partial charge in [-0.15, -0.1) is 0 Å². The first-order valence-electron chi connectivity index (χ1n) is 6.12. The van der Waals surface area contributed by atoms with Gasteiger partial charge in [0.25, 0.3) is 0 Å². The Hall–Kier alpha value is -1.08. The zero-order valence-corrected chi connectivity index (χ0v) is 14.8. The molecule has 5 nitrogen and oxygen atoms in total. The summed E-state index contributed by atoms with van der Waals surface area (Å²) in [7, 11) is 0. The molecule has 22 heavy (non-hydrogen) atoms. The third kappa shape index (κ3) is 6.36. The quantitative estimate of drug-likeness (QED) is 0.323. The molecule has 0 fully saturated rings. The molecule has 120 valence electrons. The lowest BCUT2D eigenvalue weighted by molar-refractivity contribution is -0.119. The highest BCUT2D eigenvalue weighted by atomic mass is 35.6. The number of alkyl halides is 3. The third-order valence-electron chi connectivity index (χ3n) is 2.50. The summed E-state index contributed by atoms with van der Waals surface area (Å²) >= 11 is 22.4. The molecule has 0 aliphatic heterocycles. The van der Waals surface area contributed by atoms with Gasteiger partial charge in [-0.3, -0.25) is 9.59 Å². The Bertz CT molecular complexity index is 573. The predicted octanol–water partition coefficient (Wildman–Crippen LogP) is 3.01. The summed E-state index contributed by atoms with van der Waals surface area (Å²) in [5, 5.41) is 8.16. The molecular weight excluding hydrogens is 369 g/mol. The normalized spacial score (nSPS) is 12.2. The van der Waals surface area contributed by atoms with Crippen molar-refractivity contribution in [2.45, 2.75) is 23.8 Å². The molecule has 1 rings (SSSR count). The van der Waals surface area contributed by atoms with Crippen molar-refractivity contribution in [2.24, 2.45) is 0 Å². The van der Waals surface area contributed by atoms with Crippen LogP contribution < -0.4 is 16.0 Å². The van der Waals surface area contributed by atoms with Gasteiger partial charge in [-0.25, -0.2) is 0 Å². The third-order valence-corrected chi connectivity index (χ3v) is 3.37. The van der Waals surface area contributed by atoms with E-state index in [2.05, 4.69) is 16.0 Å². The Morgan fingerprint density at radius 1 is 1.09 bits per heavy atom. The van der Waals surface area contributed by atoms with Crippen LogP contribution in [0.2, 0.25) is 0 Å². The Labute approximate surface area is 148 Å². The Morgan fingerprint density at radius 2 is 1.64 bits per heavy atom. The van der Waals surface area contributed by atoms with E-state index in [-0.39, 0.29) is 16.8 Å². The number of Topliss-reactive ketones (excluding diaryl/α,β-unsaturated/α-hetero) is 1. The maximum Gasteiger partial charge on any atom is 0.228 e. The molecular formula is C13H14Cl3N3O2S. The van der Waals surface area contributed by atoms with Gasteiger partial charge in [-0.1, -0.05) is 34.8 Å². The summed E-state index contributed by atoms with van der Waals surface area (Å²) in [6.07, 6.45) is -0.994. The SMILES string of the molecule is CC(=O)N[C@@H](NC(=S)Nc1ccc(C(C)=O)cc1)C(Cl)(Cl)Cl. The first-order chi connectivity index (χ1) is 10.1. The number of ketones is 1. The van der Waals surface area contributed by atoms with Crippen LogP contribution in [0.15, 0.2) is 24.3 Å². The van der Waals surface area contributed by atoms with Crippen molar-refractivity contribution in [2.75, 3.05) is 5.32 Å². The van der Waals surface area contributed by atoms with E-state index >= 15 is 0 Å². The van der Waals surface area contributed by atoms with E-state index in [1.54, 1.807) is 24.3 Å². The summed E-state index contributed by atoms with van der Waals surface area (Å²) in [5.41, 5.74) is 1.23. The van der Waals surface area contributed by atoms with Crippen LogP contribution in [-0.2, 0) is 4.79 Å². The van der Waals surface area contributed by atoms with Gasteiger partial charge in [0.1, 0.15) is 6.17 Å². The van der Waals surface area contributed by atoms with Gasteiger partial charge in [0.2, 0.25) is 9.70 Å². The van der Waals surface area contributed by atoms with Crippen molar-refractivity contribution in [1.82, 2.24) is 10.6 Å². The summed E-state index contributed by atoms with van der Waals surface area (Å²) in [5.74, 6) is -0.411. The lowest BCUT2D eigenvalue weighted by atomic mass is 10.1. The van der Waals surface area contributed by atoms with Crippen LogP contribution >= 0.6 is 47.0 Å². The minimum atomic E-state index is -1.78. The Morgan fingerprint density at radius 3 is 2.05 bits per heavy atom. The zero-order chi connectivity index (χ0) is 16.9. The summed E-state index contributed by atoms with van der Waals surface area (Å²) in [6, 6.07) is 6.70. The smallest absolute Gasteiger partial charge is 0.228 e. The second-order valence-corrected chi connectivity index (χ2v) is 7.18. The fourth-order valence-electron chi connectivity index (χ4n) is 1.49. The average molecular weight is 383 g/mol. The number of nitrogens with one attached hydrogen (secondary N) is 3. The van der Waals surface area contributed by atoms with Crippen molar-refractivity contribution in [3.63, 3.8) is 0 Å². The van der Waals surface area contributed by atoms with E-state index in [1.807, 2.05) is 0 Å². The number of carbonyl (C=O) groups excluding carboxylic acids is 2. The molecule has 0 radical (unpaired) electrons. The van der Waals surface area contributed by atoms with Crippen LogP contribution in [0.3, 0.4) is 0 Å². The number of halogens is 3. The van der Waals surface area contributed by atoms with Gasteiger partial charge < -0.3 is 16.0 Å². The van der Waals surface area contributed by atoms with Crippen LogP contribution in [-0.4, -0.2) is 26.8 Å². The van der Waals surface area contributed by atoms with Gasteiger partial charge in [0, 0.05) is 18.2 Å². The highest BCUT2D eigenvalue weighted by Gasteiger charge is 2.33. The highest BCUT2D eigenvalue weighted by molar-refractivity contribution is 7.80. The van der Waals surface area contributed by atoms with Crippen molar-refractivity contribution in [3.05, 3.63) is 29.8 Å². The molecule has 0 heterocycles. The summed E-state index contributed by atoms with van der Waals surface area (Å²) in [6.45, 7) is 2.77. The lowest BCUT2D eigenvalue weighted by Crippen LogP contribution is -2.55. The molecule has 0 spiro atoms. The molecule has 1 aromatic carbocycles. The monoisotopic (exact) mass is 381 g/mol. The van der Waals surface area contributed by atoms with Gasteiger partial charge in [0.05, 0.1) is 0 Å². The number of anilines is 1. The number of rotatable bonds is 4. The van der Waals surface area contributed by atoms with Crippen molar-refractivity contribution < 1.29 is 9.59 Å². The van der Waals surface area contributed by atoms with Crippen LogP contribution in [0, 0.1) is 0 Å². The van der Waals surface area contributed by atoms with E-state index in [1.165, 1.54) is 13.8 Å². The second-order valence-electron chi connectivity index (χ2n) is 4.41. The number of thiocarbonyl (C=S) groups is 1. The van der Waals surface area contributed by atoms with E-state index in [0.29, 0.717) is 11.3 Å². The van der Waals surface area contributed by atoms with Gasteiger partial charge in [-0.05, 0) is 43.4 Å². The van der Waals surface area contributed by atoms with Crippen LogP contribution in [0.1, 0.15) is 24.2 Å². The number of amides is 1. The van der Waals surface area contributed by atoms with E-state index < -0.39 is 9.96 Å². The topological polar surface area (TPSA) is 70.2 Å². The molecule has 0 bridgehead atoms. The van der Waals surface area contributed by atoms with Gasteiger partial charge in [-0.2, -0.15) is 0 Å². The van der Waals surface area contributed by atoms with Gasteiger partial charge >= 0.3 is 0 Å². The fourth-order valence-corrected chi connectivity index (χ4v) is 2.05. The minimum Gasteiger partial charge on any atom is -0.339 e. The minimum absolute atomic E-state index is 0.0332. The zero-order valence-electron chi connectivity index (χ0n) is 11.7. The standard InChI is InChI=1S/C13H14Cl3N3O2S/c1-7(20)9-3-5-10(6-4-9)18-12(22)19-11(13(14,15)16)17-8(2)21/h3-6,11H,1-2H3,(H,17,21)(H2,18,19,22)/t11-/m0/s1. The second kappa shape index (κ2) is 7.97. The Kier molecular flexibility index (Phi) is 6.87. The molecule has 0 saturated carbocycles. The largest absolute Gasteiger partial charge is 0.339 e. The molecule has 0 aromatic heterocycles. The molecule has 0 aliphatic carbocycles. The molecule has 1 amide bonds. The first kappa shape index (κ1) is 19.0. The first-order valence-corrected chi connectivity index (χ1v) is 7.66. The molecule has 9 heteroatoms. The van der Waals surface area contributed by atoms with Crippen molar-refractivity contribution >= 4 is 69.5 Å². The molecule has 0 aliphatic rings. The Balaban J connectivity index is 2.71. The molecule has 1 aromatic rings. The number of hydrogen-bond donors (Lipinski definition) is 3. The van der Waals surface area contributed by atoms with E-state index in [9.17, 15) is 9.59 Å². The highest BCUT2D eigenvalue weighted by Crippen LogP contribution is 2.29. The molecule has 3 N–H and O–H groups in total. The molecule has 0 unspecified atom stereocenters. The van der Waals surface area contributed by atoms with E-state index in [4.69, 9.17) is 47.0 Å². The maximum absolute atomic E-state index is 11.2. The number of hydrogen-bond acceptors (Lipinski definition) is 3. The van der Waals surface area contributed by atoms with E-state index in [0.717, 1.165) is 0 Å². The number of benzene rings is 1. The molecule has 0 saturated heterocycles. The van der Waals surface area contributed by atoms with Crippen LogP contribution in [0.25, 0.3) is 0 Å². The average Bonchev–Trinajstić information content (AvgIpc) is 2.36.